The predicted octanol–water partition coefficient (Wildman–Crippen LogP) is 1.83. The monoisotopic (exact) mass is 363 g/mol. The Morgan fingerprint density at radius 3 is 2.42 bits per heavy atom. The van der Waals surface area contributed by atoms with Gasteiger partial charge in [0.1, 0.15) is 17.5 Å². The third kappa shape index (κ3) is 5.36. The zero-order valence-corrected chi connectivity index (χ0v) is 15.6. The van der Waals surface area contributed by atoms with Crippen molar-refractivity contribution in [3.8, 4) is 11.5 Å². The Labute approximate surface area is 154 Å². The fourth-order valence-electron chi connectivity index (χ4n) is 3.07. The Hall–Kier alpha value is -2.28. The van der Waals surface area contributed by atoms with Gasteiger partial charge in [-0.05, 0) is 25.8 Å². The molecule has 1 atom stereocenters. The molecule has 1 unspecified atom stereocenters. The SMILES string of the molecule is COc1cc(OC)cc(N2CCC(NC(=O)CCCCCCN)C2=O)c1. The second kappa shape index (κ2) is 10.0. The number of ether oxygens (including phenoxy) is 2. The molecule has 3 N–H and O–H groups in total. The normalized spacial score (nSPS) is 16.7. The van der Waals surface area contributed by atoms with E-state index >= 15 is 0 Å². The number of unbranched alkanes of at least 4 members (excludes halogenated alkanes) is 3. The molecule has 1 aromatic carbocycles. The zero-order valence-electron chi connectivity index (χ0n) is 15.6. The average molecular weight is 363 g/mol. The van der Waals surface area contributed by atoms with E-state index in [1.807, 2.05) is 0 Å². The van der Waals surface area contributed by atoms with E-state index in [9.17, 15) is 9.59 Å². The molecular weight excluding hydrogens is 334 g/mol. The van der Waals surface area contributed by atoms with E-state index in [4.69, 9.17) is 15.2 Å². The van der Waals surface area contributed by atoms with Crippen molar-refractivity contribution in [1.82, 2.24) is 5.32 Å². The van der Waals surface area contributed by atoms with E-state index in [2.05, 4.69) is 5.32 Å². The van der Waals surface area contributed by atoms with E-state index in [1.54, 1.807) is 37.3 Å². The number of amides is 2. The lowest BCUT2D eigenvalue weighted by molar-refractivity contribution is -0.126. The topological polar surface area (TPSA) is 93.9 Å². The van der Waals surface area contributed by atoms with Gasteiger partial charge in [0.25, 0.3) is 0 Å². The molecule has 144 valence electrons. The maximum Gasteiger partial charge on any atom is 0.249 e. The molecule has 2 amide bonds. The Bertz CT molecular complexity index is 599. The van der Waals surface area contributed by atoms with Crippen LogP contribution >= 0.6 is 0 Å². The van der Waals surface area contributed by atoms with Crippen molar-refractivity contribution in [3.63, 3.8) is 0 Å². The van der Waals surface area contributed by atoms with Gasteiger partial charge >= 0.3 is 0 Å². The van der Waals surface area contributed by atoms with Crippen molar-refractivity contribution in [1.29, 1.82) is 0 Å². The molecule has 0 saturated carbocycles. The third-order valence-electron chi connectivity index (χ3n) is 4.55. The Kier molecular flexibility index (Phi) is 7.72. The van der Waals surface area contributed by atoms with Gasteiger partial charge in [-0.1, -0.05) is 12.8 Å². The third-order valence-corrected chi connectivity index (χ3v) is 4.55. The first-order valence-electron chi connectivity index (χ1n) is 9.13. The molecule has 7 nitrogen and oxygen atoms in total. The maximum atomic E-state index is 12.7. The molecule has 1 aromatic rings. The molecule has 0 aromatic heterocycles. The van der Waals surface area contributed by atoms with Crippen LogP contribution in [0, 0.1) is 0 Å². The maximum absolute atomic E-state index is 12.7. The minimum absolute atomic E-state index is 0.0684. The van der Waals surface area contributed by atoms with Crippen LogP contribution in [0.15, 0.2) is 18.2 Å². The van der Waals surface area contributed by atoms with Crippen molar-refractivity contribution in [2.45, 2.75) is 44.6 Å². The fourth-order valence-corrected chi connectivity index (χ4v) is 3.07. The van der Waals surface area contributed by atoms with Gasteiger partial charge in [0.15, 0.2) is 0 Å². The molecule has 0 radical (unpaired) electrons. The Balaban J connectivity index is 1.90. The zero-order chi connectivity index (χ0) is 18.9. The molecule has 26 heavy (non-hydrogen) atoms. The lowest BCUT2D eigenvalue weighted by atomic mass is 10.1. The van der Waals surface area contributed by atoms with Gasteiger partial charge in [-0.3, -0.25) is 9.59 Å². The van der Waals surface area contributed by atoms with E-state index in [1.165, 1.54) is 0 Å². The van der Waals surface area contributed by atoms with E-state index < -0.39 is 6.04 Å². The van der Waals surface area contributed by atoms with Gasteiger partial charge in [0.05, 0.1) is 19.9 Å². The summed E-state index contributed by atoms with van der Waals surface area (Å²) < 4.78 is 10.5. The van der Waals surface area contributed by atoms with Gasteiger partial charge in [-0.2, -0.15) is 0 Å². The average Bonchev–Trinajstić information content (AvgIpc) is 3.01. The second-order valence-electron chi connectivity index (χ2n) is 6.42. The van der Waals surface area contributed by atoms with Crippen LogP contribution in [-0.4, -0.2) is 45.2 Å². The molecule has 2 rings (SSSR count). The number of nitrogens with one attached hydrogen (secondary N) is 1. The number of hydrogen-bond acceptors (Lipinski definition) is 5. The summed E-state index contributed by atoms with van der Waals surface area (Å²) in [6, 6.07) is 4.88. The smallest absolute Gasteiger partial charge is 0.249 e. The minimum atomic E-state index is -0.469. The first kappa shape index (κ1) is 20.0. The summed E-state index contributed by atoms with van der Waals surface area (Å²) in [7, 11) is 3.14. The minimum Gasteiger partial charge on any atom is -0.497 e. The number of rotatable bonds is 10. The lowest BCUT2D eigenvalue weighted by Gasteiger charge is -2.19. The first-order chi connectivity index (χ1) is 12.6. The summed E-state index contributed by atoms with van der Waals surface area (Å²) in [4.78, 5) is 26.4. The highest BCUT2D eigenvalue weighted by molar-refractivity contribution is 6.01. The predicted molar refractivity (Wildman–Crippen MR) is 101 cm³/mol. The lowest BCUT2D eigenvalue weighted by Crippen LogP contribution is -2.41. The van der Waals surface area contributed by atoms with Crippen LogP contribution in [0.25, 0.3) is 0 Å². The molecule has 1 fully saturated rings. The number of carbonyl (C=O) groups excluding carboxylic acids is 2. The van der Waals surface area contributed by atoms with Crippen molar-refractivity contribution < 1.29 is 19.1 Å². The summed E-state index contributed by atoms with van der Waals surface area (Å²) in [5, 5.41) is 2.86. The molecule has 0 aliphatic carbocycles. The van der Waals surface area contributed by atoms with Crippen LogP contribution in [0.5, 0.6) is 11.5 Å². The van der Waals surface area contributed by atoms with Crippen LogP contribution in [0.2, 0.25) is 0 Å². The first-order valence-corrected chi connectivity index (χ1v) is 9.13. The molecular formula is C19H29N3O4. The van der Waals surface area contributed by atoms with E-state index in [-0.39, 0.29) is 11.8 Å². The van der Waals surface area contributed by atoms with E-state index in [0.717, 1.165) is 25.7 Å². The largest absolute Gasteiger partial charge is 0.497 e. The molecule has 1 aliphatic heterocycles. The number of nitrogens with two attached hydrogens (primary N) is 1. The van der Waals surface area contributed by atoms with E-state index in [0.29, 0.717) is 43.1 Å². The number of carbonyl (C=O) groups is 2. The number of methoxy groups -OCH3 is 2. The van der Waals surface area contributed by atoms with Crippen LogP contribution in [-0.2, 0) is 9.59 Å². The molecule has 0 spiro atoms. The summed E-state index contributed by atoms with van der Waals surface area (Å²) in [5.74, 6) is 1.08. The molecule has 7 heteroatoms. The van der Waals surface area contributed by atoms with Crippen molar-refractivity contribution in [2.75, 3.05) is 32.2 Å². The van der Waals surface area contributed by atoms with Crippen molar-refractivity contribution in [3.05, 3.63) is 18.2 Å². The Morgan fingerprint density at radius 1 is 1.15 bits per heavy atom. The molecule has 1 saturated heterocycles. The van der Waals surface area contributed by atoms with Crippen LogP contribution in [0.4, 0.5) is 5.69 Å². The molecule has 0 bridgehead atoms. The highest BCUT2D eigenvalue weighted by Crippen LogP contribution is 2.31. The second-order valence-corrected chi connectivity index (χ2v) is 6.42. The van der Waals surface area contributed by atoms with Gasteiger partial charge in [0, 0.05) is 31.2 Å². The number of benzene rings is 1. The van der Waals surface area contributed by atoms with Crippen molar-refractivity contribution >= 4 is 17.5 Å². The highest BCUT2D eigenvalue weighted by Gasteiger charge is 2.33. The summed E-state index contributed by atoms with van der Waals surface area (Å²) in [6.45, 7) is 1.24. The number of hydrogen-bond donors (Lipinski definition) is 2. The van der Waals surface area contributed by atoms with Gasteiger partial charge in [-0.25, -0.2) is 0 Å². The van der Waals surface area contributed by atoms with Crippen molar-refractivity contribution in [2.24, 2.45) is 5.73 Å². The summed E-state index contributed by atoms with van der Waals surface area (Å²) in [5.41, 5.74) is 6.17. The van der Waals surface area contributed by atoms with Crippen LogP contribution < -0.4 is 25.4 Å². The summed E-state index contributed by atoms with van der Waals surface area (Å²) in [6.07, 6.45) is 4.88. The quantitative estimate of drug-likeness (QED) is 0.619. The molecule has 1 heterocycles. The molecule has 1 aliphatic rings. The number of anilines is 1. The number of nitrogens with zero attached hydrogens (tertiary/aromatic N) is 1. The van der Waals surface area contributed by atoms with Gasteiger partial charge < -0.3 is 25.4 Å². The highest BCUT2D eigenvalue weighted by atomic mass is 16.5. The van der Waals surface area contributed by atoms with Gasteiger partial charge in [-0.15, -0.1) is 0 Å². The van der Waals surface area contributed by atoms with Crippen LogP contribution in [0.3, 0.4) is 0 Å². The van der Waals surface area contributed by atoms with Gasteiger partial charge in [0.2, 0.25) is 11.8 Å². The summed E-state index contributed by atoms with van der Waals surface area (Å²) >= 11 is 0. The Morgan fingerprint density at radius 2 is 1.81 bits per heavy atom. The van der Waals surface area contributed by atoms with Crippen LogP contribution in [0.1, 0.15) is 38.5 Å². The fraction of sp³-hybridized carbons (Fsp3) is 0.579. The standard InChI is InChI=1S/C19H29N3O4/c1-25-15-11-14(12-16(13-15)26-2)22-10-8-17(19(22)24)21-18(23)7-5-3-4-6-9-20/h11-13,17H,3-10,20H2,1-2H3,(H,21,23).